The summed E-state index contributed by atoms with van der Waals surface area (Å²) in [6.07, 6.45) is 0.852. The number of methoxy groups -OCH3 is 1. The van der Waals surface area contributed by atoms with Crippen LogP contribution in [0.15, 0.2) is 24.3 Å². The summed E-state index contributed by atoms with van der Waals surface area (Å²) in [6, 6.07) is 8.02. The van der Waals surface area contributed by atoms with Crippen LogP contribution in [0.5, 0.6) is 5.75 Å². The molecule has 1 N–H and O–H groups in total. The van der Waals surface area contributed by atoms with Gasteiger partial charge in [0.2, 0.25) is 0 Å². The highest BCUT2D eigenvalue weighted by Gasteiger charge is 2.12. The van der Waals surface area contributed by atoms with E-state index < -0.39 is 0 Å². The number of halogens is 1. The first-order chi connectivity index (χ1) is 9.65. The average Bonchev–Trinajstić information content (AvgIpc) is 2.75. The number of rotatable bonds is 6. The van der Waals surface area contributed by atoms with Crippen LogP contribution in [0.2, 0.25) is 5.02 Å². The molecule has 5 heteroatoms. The van der Waals surface area contributed by atoms with Gasteiger partial charge in [0, 0.05) is 20.1 Å². The number of hydrogen-bond donors (Lipinski definition) is 1. The topological polar surface area (TPSA) is 39.1 Å². The van der Waals surface area contributed by atoms with Crippen LogP contribution >= 0.6 is 11.6 Å². The zero-order valence-electron chi connectivity index (χ0n) is 12.1. The molecule has 0 aliphatic rings. The molecule has 4 nitrogen and oxygen atoms in total. The van der Waals surface area contributed by atoms with Crippen LogP contribution in [0.4, 0.5) is 0 Å². The molecule has 1 aromatic carbocycles. The highest BCUT2D eigenvalue weighted by molar-refractivity contribution is 6.31. The molecule has 1 heterocycles. The lowest BCUT2D eigenvalue weighted by atomic mass is 10.2. The fourth-order valence-electron chi connectivity index (χ4n) is 2.08. The van der Waals surface area contributed by atoms with E-state index in [1.54, 1.807) is 7.11 Å². The van der Waals surface area contributed by atoms with Crippen LogP contribution in [-0.2, 0) is 26.6 Å². The minimum Gasteiger partial charge on any atom is -0.497 e. The van der Waals surface area contributed by atoms with Crippen LogP contribution in [0.3, 0.4) is 0 Å². The van der Waals surface area contributed by atoms with Crippen molar-refractivity contribution in [2.75, 3.05) is 7.11 Å². The van der Waals surface area contributed by atoms with Crippen molar-refractivity contribution in [2.45, 2.75) is 26.4 Å². The van der Waals surface area contributed by atoms with Gasteiger partial charge in [-0.3, -0.25) is 4.68 Å². The lowest BCUT2D eigenvalue weighted by Crippen LogP contribution is -2.15. The first-order valence-corrected chi connectivity index (χ1v) is 7.07. The summed E-state index contributed by atoms with van der Waals surface area (Å²) in [4.78, 5) is 0. The Morgan fingerprint density at radius 3 is 2.50 bits per heavy atom. The molecule has 108 valence electrons. The van der Waals surface area contributed by atoms with Crippen LogP contribution < -0.4 is 10.1 Å². The zero-order valence-corrected chi connectivity index (χ0v) is 12.9. The van der Waals surface area contributed by atoms with Crippen molar-refractivity contribution in [3.05, 3.63) is 46.2 Å². The van der Waals surface area contributed by atoms with Crippen molar-refractivity contribution < 1.29 is 4.74 Å². The number of nitrogens with one attached hydrogen (secondary N) is 1. The van der Waals surface area contributed by atoms with Gasteiger partial charge in [-0.05, 0) is 24.1 Å². The van der Waals surface area contributed by atoms with Crippen molar-refractivity contribution in [3.63, 3.8) is 0 Å². The molecule has 0 radical (unpaired) electrons. The number of benzene rings is 1. The molecule has 0 aliphatic carbocycles. The molecular weight excluding hydrogens is 274 g/mol. The van der Waals surface area contributed by atoms with E-state index in [9.17, 15) is 0 Å². The van der Waals surface area contributed by atoms with E-state index in [4.69, 9.17) is 16.3 Å². The Morgan fingerprint density at radius 1 is 1.25 bits per heavy atom. The maximum absolute atomic E-state index is 6.31. The molecular formula is C15H20ClN3O. The number of hydrogen-bond acceptors (Lipinski definition) is 3. The van der Waals surface area contributed by atoms with E-state index in [0.29, 0.717) is 6.54 Å². The Kier molecular flexibility index (Phi) is 5.04. The third-order valence-corrected chi connectivity index (χ3v) is 3.72. The smallest absolute Gasteiger partial charge is 0.118 e. The van der Waals surface area contributed by atoms with Crippen molar-refractivity contribution in [2.24, 2.45) is 7.05 Å². The van der Waals surface area contributed by atoms with Gasteiger partial charge in [0.1, 0.15) is 5.75 Å². The summed E-state index contributed by atoms with van der Waals surface area (Å²) < 4.78 is 6.99. The number of ether oxygens (including phenoxy) is 1. The molecule has 20 heavy (non-hydrogen) atoms. The second kappa shape index (κ2) is 6.77. The standard InChI is InChI=1S/C15H20ClN3O/c1-4-13-15(16)14(19(2)18-13)10-17-9-11-5-7-12(20-3)8-6-11/h5-8,17H,4,9-10H2,1-3H3. The first kappa shape index (κ1) is 14.9. The molecule has 2 rings (SSSR count). The molecule has 0 fully saturated rings. The SMILES string of the molecule is CCc1nn(C)c(CNCc2ccc(OC)cc2)c1Cl. The van der Waals surface area contributed by atoms with Gasteiger partial charge in [-0.25, -0.2) is 0 Å². The maximum Gasteiger partial charge on any atom is 0.118 e. The Balaban J connectivity index is 1.94. The molecule has 1 aromatic heterocycles. The van der Waals surface area contributed by atoms with Gasteiger partial charge in [-0.1, -0.05) is 30.7 Å². The fraction of sp³-hybridized carbons (Fsp3) is 0.400. The Bertz CT molecular complexity index is 563. The van der Waals surface area contributed by atoms with E-state index in [1.165, 1.54) is 5.56 Å². The van der Waals surface area contributed by atoms with E-state index in [1.807, 2.05) is 36.0 Å². The van der Waals surface area contributed by atoms with Crippen molar-refractivity contribution in [1.29, 1.82) is 0 Å². The fourth-order valence-corrected chi connectivity index (χ4v) is 2.44. The van der Waals surface area contributed by atoms with Crippen LogP contribution in [-0.4, -0.2) is 16.9 Å². The number of aromatic nitrogens is 2. The molecule has 0 aliphatic heterocycles. The largest absolute Gasteiger partial charge is 0.497 e. The molecule has 0 atom stereocenters. The lowest BCUT2D eigenvalue weighted by Gasteiger charge is -2.07. The minimum absolute atomic E-state index is 0.703. The number of aryl methyl sites for hydroxylation is 2. The summed E-state index contributed by atoms with van der Waals surface area (Å²) in [7, 11) is 3.60. The van der Waals surface area contributed by atoms with E-state index in [-0.39, 0.29) is 0 Å². The highest BCUT2D eigenvalue weighted by atomic mass is 35.5. The van der Waals surface area contributed by atoms with Crippen LogP contribution in [0, 0.1) is 0 Å². The quantitative estimate of drug-likeness (QED) is 0.890. The number of nitrogens with zero attached hydrogens (tertiary/aromatic N) is 2. The molecule has 0 unspecified atom stereocenters. The first-order valence-electron chi connectivity index (χ1n) is 6.69. The minimum atomic E-state index is 0.703. The monoisotopic (exact) mass is 293 g/mol. The predicted octanol–water partition coefficient (Wildman–Crippen LogP) is 2.93. The van der Waals surface area contributed by atoms with Crippen molar-refractivity contribution >= 4 is 11.6 Å². The third kappa shape index (κ3) is 3.32. The summed E-state index contributed by atoms with van der Waals surface area (Å²) in [5.41, 5.74) is 3.19. The summed E-state index contributed by atoms with van der Waals surface area (Å²) in [6.45, 7) is 3.55. The molecule has 0 saturated carbocycles. The summed E-state index contributed by atoms with van der Waals surface area (Å²) in [5.74, 6) is 0.871. The Labute approximate surface area is 124 Å². The van der Waals surface area contributed by atoms with E-state index in [0.717, 1.165) is 35.1 Å². The molecule has 0 spiro atoms. The zero-order chi connectivity index (χ0) is 14.5. The van der Waals surface area contributed by atoms with E-state index in [2.05, 4.69) is 17.3 Å². The Hall–Kier alpha value is -1.52. The maximum atomic E-state index is 6.31. The van der Waals surface area contributed by atoms with Crippen molar-refractivity contribution in [1.82, 2.24) is 15.1 Å². The molecule has 0 amide bonds. The molecule has 0 saturated heterocycles. The van der Waals surface area contributed by atoms with Gasteiger partial charge in [-0.2, -0.15) is 5.10 Å². The van der Waals surface area contributed by atoms with Gasteiger partial charge in [0.15, 0.2) is 0 Å². The predicted molar refractivity (Wildman–Crippen MR) is 81.1 cm³/mol. The van der Waals surface area contributed by atoms with Gasteiger partial charge < -0.3 is 10.1 Å². The van der Waals surface area contributed by atoms with E-state index >= 15 is 0 Å². The van der Waals surface area contributed by atoms with Gasteiger partial charge >= 0.3 is 0 Å². The van der Waals surface area contributed by atoms with Gasteiger partial charge in [0.05, 0.1) is 23.5 Å². The lowest BCUT2D eigenvalue weighted by molar-refractivity contribution is 0.414. The summed E-state index contributed by atoms with van der Waals surface area (Å²) in [5, 5.41) is 8.57. The van der Waals surface area contributed by atoms with Crippen molar-refractivity contribution in [3.8, 4) is 5.75 Å². The summed E-state index contributed by atoms with van der Waals surface area (Å²) >= 11 is 6.31. The molecule has 0 bridgehead atoms. The van der Waals surface area contributed by atoms with Gasteiger partial charge in [-0.15, -0.1) is 0 Å². The van der Waals surface area contributed by atoms with Crippen LogP contribution in [0.25, 0.3) is 0 Å². The highest BCUT2D eigenvalue weighted by Crippen LogP contribution is 2.20. The Morgan fingerprint density at radius 2 is 1.95 bits per heavy atom. The second-order valence-corrected chi connectivity index (χ2v) is 5.01. The average molecular weight is 294 g/mol. The molecule has 2 aromatic rings. The normalized spacial score (nSPS) is 10.8. The third-order valence-electron chi connectivity index (χ3n) is 3.28. The van der Waals surface area contributed by atoms with Gasteiger partial charge in [0.25, 0.3) is 0 Å². The van der Waals surface area contributed by atoms with Crippen LogP contribution in [0.1, 0.15) is 23.9 Å². The second-order valence-electron chi connectivity index (χ2n) is 4.64.